The van der Waals surface area contributed by atoms with Crippen LogP contribution in [0.5, 0.6) is 0 Å². The molecule has 0 aliphatic heterocycles. The van der Waals surface area contributed by atoms with E-state index in [1.54, 1.807) is 37.3 Å². The largest absolute Gasteiger partial charge is 0.311 e. The van der Waals surface area contributed by atoms with Gasteiger partial charge >= 0.3 is 0 Å². The molecule has 4 aromatic rings. The zero-order chi connectivity index (χ0) is 21.3. The second kappa shape index (κ2) is 8.19. The number of carbonyl (C=O) groups is 1. The molecule has 0 spiro atoms. The molecule has 0 aliphatic rings. The van der Waals surface area contributed by atoms with E-state index in [1.165, 1.54) is 27.7 Å². The third-order valence-electron chi connectivity index (χ3n) is 4.54. The normalized spacial score (nSPS) is 11.0. The quantitative estimate of drug-likeness (QED) is 0.481. The maximum Gasteiger partial charge on any atom is 0.261 e. The highest BCUT2D eigenvalue weighted by molar-refractivity contribution is 9.10. The molecule has 4 rings (SSSR count). The molecule has 0 atom stereocenters. The third-order valence-corrected chi connectivity index (χ3v) is 5.03. The molecule has 7 nitrogen and oxygen atoms in total. The maximum atomic E-state index is 13.2. The zero-order valence-electron chi connectivity index (χ0n) is 16.0. The van der Waals surface area contributed by atoms with Gasteiger partial charge in [0, 0.05) is 23.5 Å². The predicted octanol–water partition coefficient (Wildman–Crippen LogP) is 3.82. The van der Waals surface area contributed by atoms with Crippen molar-refractivity contribution in [3.63, 3.8) is 0 Å². The van der Waals surface area contributed by atoms with Crippen LogP contribution in [-0.2, 0) is 11.3 Å². The summed E-state index contributed by atoms with van der Waals surface area (Å²) >= 11 is 3.35. The average molecular weight is 470 g/mol. The van der Waals surface area contributed by atoms with Gasteiger partial charge in [0.25, 0.3) is 5.56 Å². The lowest BCUT2D eigenvalue weighted by Gasteiger charge is -2.10. The molecule has 0 bridgehead atoms. The first kappa shape index (κ1) is 20.0. The summed E-state index contributed by atoms with van der Waals surface area (Å²) < 4.78 is 16.9. The number of fused-ring (bicyclic) bond motifs is 1. The molecule has 0 radical (unpaired) electrons. The summed E-state index contributed by atoms with van der Waals surface area (Å²) in [5.74, 6) is -0.161. The number of amides is 1. The zero-order valence-corrected chi connectivity index (χ0v) is 17.6. The van der Waals surface area contributed by atoms with Gasteiger partial charge in [0.2, 0.25) is 5.91 Å². The Bertz CT molecular complexity index is 1300. The fourth-order valence-electron chi connectivity index (χ4n) is 3.09. The summed E-state index contributed by atoms with van der Waals surface area (Å²) in [4.78, 5) is 29.4. The van der Waals surface area contributed by atoms with Crippen LogP contribution in [0.25, 0.3) is 16.6 Å². The lowest BCUT2D eigenvalue weighted by atomic mass is 10.2. The Labute approximate surface area is 179 Å². The third kappa shape index (κ3) is 4.16. The molecule has 0 fully saturated rings. The van der Waals surface area contributed by atoms with Gasteiger partial charge in [0.05, 0.1) is 28.6 Å². The van der Waals surface area contributed by atoms with Gasteiger partial charge in [-0.25, -0.2) is 14.1 Å². The number of halogens is 2. The number of hydrogen-bond acceptors (Lipinski definition) is 4. The molecular weight excluding hydrogens is 453 g/mol. The number of aryl methyl sites for hydroxylation is 2. The first-order valence-corrected chi connectivity index (χ1v) is 9.97. The number of aromatic nitrogens is 4. The van der Waals surface area contributed by atoms with Gasteiger partial charge in [0.15, 0.2) is 0 Å². The first-order valence-electron chi connectivity index (χ1n) is 9.18. The maximum absolute atomic E-state index is 13.2. The van der Waals surface area contributed by atoms with Crippen LogP contribution in [0.3, 0.4) is 0 Å². The van der Waals surface area contributed by atoms with Crippen molar-refractivity contribution in [3.8, 4) is 5.69 Å². The summed E-state index contributed by atoms with van der Waals surface area (Å²) in [7, 11) is 0. The summed E-state index contributed by atoms with van der Waals surface area (Å²) in [5.41, 5.74) is 1.72. The summed E-state index contributed by atoms with van der Waals surface area (Å²) in [5, 5.41) is 7.64. The Balaban J connectivity index is 1.50. The van der Waals surface area contributed by atoms with Crippen LogP contribution in [0.2, 0.25) is 0 Å². The van der Waals surface area contributed by atoms with Gasteiger partial charge in [0.1, 0.15) is 11.6 Å². The van der Waals surface area contributed by atoms with Crippen molar-refractivity contribution in [2.45, 2.75) is 19.9 Å². The number of carbonyl (C=O) groups excluding carboxylic acids is 1. The van der Waals surface area contributed by atoms with Crippen molar-refractivity contribution in [2.75, 3.05) is 5.32 Å². The van der Waals surface area contributed by atoms with E-state index in [1.807, 2.05) is 6.07 Å². The van der Waals surface area contributed by atoms with Gasteiger partial charge in [-0.3, -0.25) is 14.2 Å². The highest BCUT2D eigenvalue weighted by Gasteiger charge is 2.12. The predicted molar refractivity (Wildman–Crippen MR) is 115 cm³/mol. The van der Waals surface area contributed by atoms with E-state index >= 15 is 0 Å². The Morgan fingerprint density at radius 2 is 1.93 bits per heavy atom. The minimum absolute atomic E-state index is 0.0781. The van der Waals surface area contributed by atoms with E-state index in [0.29, 0.717) is 28.1 Å². The standard InChI is InChI=1S/C21H17BrFN5O2/c1-13-10-19(28(26-13)16-5-3-15(23)4-6-16)25-20(29)8-9-27-12-24-18-7-2-14(22)11-17(18)21(27)30/h2-7,10-12H,8-9H2,1H3,(H,25,29). The lowest BCUT2D eigenvalue weighted by Crippen LogP contribution is -2.24. The first-order chi connectivity index (χ1) is 14.4. The molecule has 0 saturated carbocycles. The molecule has 0 aliphatic carbocycles. The highest BCUT2D eigenvalue weighted by Crippen LogP contribution is 2.18. The molecule has 30 heavy (non-hydrogen) atoms. The SMILES string of the molecule is Cc1cc(NC(=O)CCn2cnc3ccc(Br)cc3c2=O)n(-c2ccc(F)cc2)n1. The van der Waals surface area contributed by atoms with E-state index in [4.69, 9.17) is 0 Å². The monoisotopic (exact) mass is 469 g/mol. The van der Waals surface area contributed by atoms with Crippen LogP contribution >= 0.6 is 15.9 Å². The number of nitrogens with one attached hydrogen (secondary N) is 1. The smallest absolute Gasteiger partial charge is 0.261 e. The Kier molecular flexibility index (Phi) is 5.45. The summed E-state index contributed by atoms with van der Waals surface area (Å²) in [6.07, 6.45) is 1.52. The summed E-state index contributed by atoms with van der Waals surface area (Å²) in [6, 6.07) is 12.8. The van der Waals surface area contributed by atoms with Gasteiger partial charge < -0.3 is 5.32 Å². The van der Waals surface area contributed by atoms with Crippen molar-refractivity contribution >= 4 is 38.6 Å². The van der Waals surface area contributed by atoms with E-state index in [-0.39, 0.29) is 30.2 Å². The second-order valence-corrected chi connectivity index (χ2v) is 7.68. The topological polar surface area (TPSA) is 81.8 Å². The Morgan fingerprint density at radius 3 is 2.70 bits per heavy atom. The molecule has 2 heterocycles. The molecule has 2 aromatic carbocycles. The molecule has 9 heteroatoms. The van der Waals surface area contributed by atoms with Gasteiger partial charge in [-0.05, 0) is 49.4 Å². The van der Waals surface area contributed by atoms with Crippen LogP contribution < -0.4 is 10.9 Å². The fourth-order valence-corrected chi connectivity index (χ4v) is 3.45. The molecule has 2 aromatic heterocycles. The van der Waals surface area contributed by atoms with E-state index in [2.05, 4.69) is 31.3 Å². The fraction of sp³-hybridized carbons (Fsp3) is 0.143. The van der Waals surface area contributed by atoms with Crippen LogP contribution in [0.1, 0.15) is 12.1 Å². The van der Waals surface area contributed by atoms with Crippen molar-refractivity contribution in [1.82, 2.24) is 19.3 Å². The van der Waals surface area contributed by atoms with Crippen molar-refractivity contribution < 1.29 is 9.18 Å². The minimum atomic E-state index is -0.352. The number of nitrogens with zero attached hydrogens (tertiary/aromatic N) is 4. The second-order valence-electron chi connectivity index (χ2n) is 6.76. The molecular formula is C21H17BrFN5O2. The van der Waals surface area contributed by atoms with E-state index in [0.717, 1.165) is 4.47 Å². The minimum Gasteiger partial charge on any atom is -0.311 e. The molecule has 152 valence electrons. The Morgan fingerprint density at radius 1 is 1.17 bits per heavy atom. The van der Waals surface area contributed by atoms with Crippen molar-refractivity contribution in [3.05, 3.63) is 81.2 Å². The summed E-state index contributed by atoms with van der Waals surface area (Å²) in [6.45, 7) is 1.98. The average Bonchev–Trinajstić information content (AvgIpc) is 3.08. The molecule has 0 unspecified atom stereocenters. The van der Waals surface area contributed by atoms with Crippen molar-refractivity contribution in [1.29, 1.82) is 0 Å². The van der Waals surface area contributed by atoms with Gasteiger partial charge in [-0.15, -0.1) is 0 Å². The highest BCUT2D eigenvalue weighted by atomic mass is 79.9. The molecule has 0 saturated heterocycles. The van der Waals surface area contributed by atoms with Crippen molar-refractivity contribution in [2.24, 2.45) is 0 Å². The number of anilines is 1. The number of rotatable bonds is 5. The van der Waals surface area contributed by atoms with Crippen LogP contribution in [-0.4, -0.2) is 25.2 Å². The van der Waals surface area contributed by atoms with E-state index in [9.17, 15) is 14.0 Å². The molecule has 1 N–H and O–H groups in total. The number of hydrogen-bond donors (Lipinski definition) is 1. The van der Waals surface area contributed by atoms with Gasteiger partial charge in [-0.1, -0.05) is 15.9 Å². The van der Waals surface area contributed by atoms with Gasteiger partial charge in [-0.2, -0.15) is 5.10 Å². The van der Waals surface area contributed by atoms with Crippen LogP contribution in [0.4, 0.5) is 10.2 Å². The molecule has 1 amide bonds. The lowest BCUT2D eigenvalue weighted by molar-refractivity contribution is -0.116. The van der Waals surface area contributed by atoms with Crippen LogP contribution in [0.15, 0.2) is 64.1 Å². The number of benzene rings is 2. The van der Waals surface area contributed by atoms with E-state index < -0.39 is 0 Å². The Hall–Kier alpha value is -3.33. The van der Waals surface area contributed by atoms with Crippen LogP contribution in [0, 0.1) is 12.7 Å².